The van der Waals surface area contributed by atoms with E-state index in [2.05, 4.69) is 45.9 Å². The Labute approximate surface area is 280 Å². The molecule has 4 rings (SSSR count). The number of carbonyl (C=O) groups is 5. The van der Waals surface area contributed by atoms with E-state index in [1.165, 1.54) is 11.1 Å². The van der Waals surface area contributed by atoms with Gasteiger partial charge in [0.2, 0.25) is 12.4 Å². The van der Waals surface area contributed by atoms with Crippen LogP contribution in [0, 0.1) is 0 Å². The Kier molecular flexibility index (Phi) is 10.8. The second kappa shape index (κ2) is 14.3. The molecule has 1 aliphatic carbocycles. The summed E-state index contributed by atoms with van der Waals surface area (Å²) in [4.78, 5) is 62.8. The summed E-state index contributed by atoms with van der Waals surface area (Å²) in [7, 11) is 1.08. The summed E-state index contributed by atoms with van der Waals surface area (Å²) < 4.78 is 32.3. The van der Waals surface area contributed by atoms with Gasteiger partial charge in [-0.25, -0.2) is 9.59 Å². The molecule has 5 atom stereocenters. The highest BCUT2D eigenvalue weighted by Crippen LogP contribution is 2.46. The first kappa shape index (κ1) is 36.3. The molecule has 2 aromatic rings. The van der Waals surface area contributed by atoms with Gasteiger partial charge in [-0.05, 0) is 64.5 Å². The highest BCUT2D eigenvalue weighted by atomic mass is 16.7. The van der Waals surface area contributed by atoms with Crippen LogP contribution >= 0.6 is 0 Å². The molecule has 1 heterocycles. The standard InChI is InChI=1S/C37H44O11/c1-20(24-14-15-27-28(19-24)37(7,8)17-16-36(27,5)6)18-25-12-10-11-13-26(25)33(41)48-35-32(46-23(4)40)30(45-22(3)39)29(44-21(2)38)31(47-35)34(42)43-9/h10-15,18-19,29-32,35H,16-17H2,1-9H3/b20-18+/t29-,30-,31-,32+,35-/m0/s1. The predicted octanol–water partition coefficient (Wildman–Crippen LogP) is 5.45. The van der Waals surface area contributed by atoms with Crippen molar-refractivity contribution in [2.45, 2.75) is 110 Å². The van der Waals surface area contributed by atoms with Crippen LogP contribution in [0.1, 0.15) is 101 Å². The van der Waals surface area contributed by atoms with E-state index < -0.39 is 60.6 Å². The average molecular weight is 665 g/mol. The summed E-state index contributed by atoms with van der Waals surface area (Å²) in [5.41, 5.74) is 5.34. The van der Waals surface area contributed by atoms with Crippen molar-refractivity contribution >= 4 is 41.5 Å². The maximum absolute atomic E-state index is 13.8. The van der Waals surface area contributed by atoms with E-state index in [1.54, 1.807) is 24.3 Å². The summed E-state index contributed by atoms with van der Waals surface area (Å²) in [5.74, 6) is -4.40. The molecular formula is C37H44O11. The topological polar surface area (TPSA) is 141 Å². The van der Waals surface area contributed by atoms with Crippen LogP contribution < -0.4 is 0 Å². The molecule has 0 spiro atoms. The molecule has 1 aliphatic heterocycles. The van der Waals surface area contributed by atoms with Gasteiger partial charge in [0.1, 0.15) is 0 Å². The van der Waals surface area contributed by atoms with Crippen molar-refractivity contribution in [1.29, 1.82) is 0 Å². The Hall–Kier alpha value is -4.51. The first-order valence-electron chi connectivity index (χ1n) is 15.8. The maximum atomic E-state index is 13.8. The normalized spacial score (nSPS) is 24.4. The molecule has 11 heteroatoms. The molecule has 258 valence electrons. The van der Waals surface area contributed by atoms with Gasteiger partial charge in [-0.3, -0.25) is 14.4 Å². The lowest BCUT2D eigenvalue weighted by Crippen LogP contribution is -2.64. The third-order valence-electron chi connectivity index (χ3n) is 8.92. The molecule has 1 saturated heterocycles. The van der Waals surface area contributed by atoms with Crippen LogP contribution in [0.3, 0.4) is 0 Å². The van der Waals surface area contributed by atoms with Crippen LogP contribution in [-0.2, 0) is 58.4 Å². The number of fused-ring (bicyclic) bond motifs is 1. The number of allylic oxidation sites excluding steroid dienone is 1. The molecule has 11 nitrogen and oxygen atoms in total. The van der Waals surface area contributed by atoms with Crippen molar-refractivity contribution in [3.8, 4) is 0 Å². The molecule has 0 saturated carbocycles. The quantitative estimate of drug-likeness (QED) is 0.202. The second-order valence-corrected chi connectivity index (χ2v) is 13.5. The molecule has 0 unspecified atom stereocenters. The van der Waals surface area contributed by atoms with Crippen molar-refractivity contribution in [2.24, 2.45) is 0 Å². The fourth-order valence-electron chi connectivity index (χ4n) is 6.30. The summed E-state index contributed by atoms with van der Waals surface area (Å²) in [6.07, 6.45) is -4.17. The Balaban J connectivity index is 1.70. The van der Waals surface area contributed by atoms with Crippen LogP contribution in [-0.4, -0.2) is 67.7 Å². The largest absolute Gasteiger partial charge is 0.467 e. The molecule has 0 aromatic heterocycles. The molecule has 48 heavy (non-hydrogen) atoms. The Morgan fingerprint density at radius 2 is 1.29 bits per heavy atom. The zero-order valence-corrected chi connectivity index (χ0v) is 28.9. The van der Waals surface area contributed by atoms with Gasteiger partial charge >= 0.3 is 29.8 Å². The number of methoxy groups -OCH3 is 1. The van der Waals surface area contributed by atoms with Crippen molar-refractivity contribution in [3.05, 3.63) is 70.3 Å². The van der Waals surface area contributed by atoms with Crippen LogP contribution in [0.2, 0.25) is 0 Å². The number of rotatable bonds is 8. The van der Waals surface area contributed by atoms with Gasteiger partial charge < -0.3 is 28.4 Å². The van der Waals surface area contributed by atoms with Gasteiger partial charge in [-0.15, -0.1) is 0 Å². The van der Waals surface area contributed by atoms with Gasteiger partial charge in [0, 0.05) is 20.8 Å². The van der Waals surface area contributed by atoms with Gasteiger partial charge in [0.25, 0.3) is 0 Å². The number of hydrogen-bond acceptors (Lipinski definition) is 11. The summed E-state index contributed by atoms with van der Waals surface area (Å²) in [6, 6.07) is 13.3. The smallest absolute Gasteiger partial charge is 0.341 e. The van der Waals surface area contributed by atoms with E-state index in [9.17, 15) is 24.0 Å². The lowest BCUT2D eigenvalue weighted by atomic mass is 9.63. The Morgan fingerprint density at radius 3 is 1.90 bits per heavy atom. The van der Waals surface area contributed by atoms with Gasteiger partial charge in [0.15, 0.2) is 18.3 Å². The highest BCUT2D eigenvalue weighted by Gasteiger charge is 2.56. The van der Waals surface area contributed by atoms with E-state index in [1.807, 2.05) is 13.0 Å². The fourth-order valence-corrected chi connectivity index (χ4v) is 6.30. The number of carbonyl (C=O) groups excluding carboxylic acids is 5. The minimum Gasteiger partial charge on any atom is -0.467 e. The Bertz CT molecular complexity index is 1620. The van der Waals surface area contributed by atoms with Gasteiger partial charge in [-0.1, -0.05) is 70.2 Å². The van der Waals surface area contributed by atoms with Crippen LogP contribution in [0.4, 0.5) is 0 Å². The zero-order valence-electron chi connectivity index (χ0n) is 28.9. The van der Waals surface area contributed by atoms with Gasteiger partial charge in [0.05, 0.1) is 12.7 Å². The molecule has 0 N–H and O–H groups in total. The minimum atomic E-state index is -1.76. The molecule has 1 fully saturated rings. The van der Waals surface area contributed by atoms with E-state index >= 15 is 0 Å². The van der Waals surface area contributed by atoms with E-state index in [4.69, 9.17) is 28.4 Å². The first-order chi connectivity index (χ1) is 22.4. The third kappa shape index (κ3) is 7.95. The van der Waals surface area contributed by atoms with Crippen molar-refractivity contribution in [2.75, 3.05) is 7.11 Å². The molecule has 0 bridgehead atoms. The predicted molar refractivity (Wildman–Crippen MR) is 174 cm³/mol. The van der Waals surface area contributed by atoms with E-state index in [0.29, 0.717) is 5.56 Å². The van der Waals surface area contributed by atoms with Crippen LogP contribution in [0.5, 0.6) is 0 Å². The number of ether oxygens (including phenoxy) is 6. The molecule has 0 amide bonds. The first-order valence-corrected chi connectivity index (χ1v) is 15.8. The fraction of sp³-hybridized carbons (Fsp3) is 0.486. The van der Waals surface area contributed by atoms with Crippen molar-refractivity contribution < 1.29 is 52.4 Å². The molecule has 2 aliphatic rings. The highest BCUT2D eigenvalue weighted by molar-refractivity contribution is 5.96. The zero-order chi connectivity index (χ0) is 35.6. The number of benzene rings is 2. The van der Waals surface area contributed by atoms with Crippen molar-refractivity contribution in [1.82, 2.24) is 0 Å². The Morgan fingerprint density at radius 1 is 0.729 bits per heavy atom. The maximum Gasteiger partial charge on any atom is 0.341 e. The minimum absolute atomic E-state index is 0.0157. The summed E-state index contributed by atoms with van der Waals surface area (Å²) >= 11 is 0. The summed E-state index contributed by atoms with van der Waals surface area (Å²) in [5, 5.41) is 0. The van der Waals surface area contributed by atoms with E-state index in [-0.39, 0.29) is 16.4 Å². The molecule has 2 aromatic carbocycles. The monoisotopic (exact) mass is 664 g/mol. The number of esters is 5. The summed E-state index contributed by atoms with van der Waals surface area (Å²) in [6.45, 7) is 14.3. The van der Waals surface area contributed by atoms with Crippen molar-refractivity contribution in [3.63, 3.8) is 0 Å². The number of hydrogen-bond donors (Lipinski definition) is 0. The molecule has 0 radical (unpaired) electrons. The third-order valence-corrected chi connectivity index (χ3v) is 8.92. The average Bonchev–Trinajstić information content (AvgIpc) is 3.01. The lowest BCUT2D eigenvalue weighted by molar-refractivity contribution is -0.288. The van der Waals surface area contributed by atoms with Crippen LogP contribution in [0.25, 0.3) is 11.6 Å². The SMILES string of the molecule is COC(=O)[C@H]1O[C@@H](OC(=O)c2ccccc2/C=C(\C)c2ccc3c(c2)C(C)(C)CCC3(C)C)[C@H](OC(C)=O)[C@@H](OC(C)=O)[C@@H]1OC(C)=O. The second-order valence-electron chi connectivity index (χ2n) is 13.5. The molecular weight excluding hydrogens is 620 g/mol. The lowest BCUT2D eigenvalue weighted by Gasteiger charge is -2.42. The van der Waals surface area contributed by atoms with Crippen LogP contribution in [0.15, 0.2) is 42.5 Å². The van der Waals surface area contributed by atoms with E-state index in [0.717, 1.165) is 51.9 Å². The van der Waals surface area contributed by atoms with Gasteiger partial charge in [-0.2, -0.15) is 0 Å².